The molecule has 1 atom stereocenters. The Morgan fingerprint density at radius 3 is 2.81 bits per heavy atom. The molecule has 3 rings (SSSR count). The summed E-state index contributed by atoms with van der Waals surface area (Å²) >= 11 is 0. The second-order valence-corrected chi connectivity index (χ2v) is 7.78. The summed E-state index contributed by atoms with van der Waals surface area (Å²) in [5.41, 5.74) is 2.23. The van der Waals surface area contributed by atoms with Crippen molar-refractivity contribution in [2.45, 2.75) is 52.1 Å². The van der Waals surface area contributed by atoms with Crippen molar-refractivity contribution in [2.75, 3.05) is 19.6 Å². The fourth-order valence-corrected chi connectivity index (χ4v) is 4.07. The smallest absolute Gasteiger partial charge is 0.222 e. The van der Waals surface area contributed by atoms with Gasteiger partial charge in [-0.1, -0.05) is 31.2 Å². The molecule has 2 amide bonds. The number of nitrogens with zero attached hydrogens (tertiary/aromatic N) is 1. The van der Waals surface area contributed by atoms with E-state index in [9.17, 15) is 9.59 Å². The standard InChI is InChI=1S/C21H31N3O2/c1-16(19-7-9-22-10-8-19)12-20(25)23-14-17-4-2-5-18(13-17)15-24-11-3-6-21(24)26/h2,4-5,13,16,19,22H,3,6-12,14-15H2,1H3,(H,23,25). The van der Waals surface area contributed by atoms with Crippen molar-refractivity contribution < 1.29 is 9.59 Å². The van der Waals surface area contributed by atoms with Crippen LogP contribution in [-0.2, 0) is 22.7 Å². The molecule has 2 saturated heterocycles. The predicted octanol–water partition coefficient (Wildman–Crippen LogP) is 2.45. The van der Waals surface area contributed by atoms with Crippen LogP contribution in [0.15, 0.2) is 24.3 Å². The minimum absolute atomic E-state index is 0.135. The molecular formula is C21H31N3O2. The molecule has 0 spiro atoms. The van der Waals surface area contributed by atoms with Gasteiger partial charge in [-0.2, -0.15) is 0 Å². The van der Waals surface area contributed by atoms with Gasteiger partial charge in [-0.25, -0.2) is 0 Å². The van der Waals surface area contributed by atoms with Crippen LogP contribution in [0.2, 0.25) is 0 Å². The number of benzene rings is 1. The normalized spacial score (nSPS) is 19.6. The molecule has 2 aliphatic rings. The maximum Gasteiger partial charge on any atom is 0.222 e. The van der Waals surface area contributed by atoms with Gasteiger partial charge in [0.05, 0.1) is 0 Å². The summed E-state index contributed by atoms with van der Waals surface area (Å²) in [4.78, 5) is 26.0. The SMILES string of the molecule is CC(CC(=O)NCc1cccc(CN2CCCC2=O)c1)C1CCNCC1. The van der Waals surface area contributed by atoms with E-state index in [2.05, 4.69) is 29.7 Å². The third-order valence-corrected chi connectivity index (χ3v) is 5.72. The van der Waals surface area contributed by atoms with Gasteiger partial charge in [0.15, 0.2) is 0 Å². The van der Waals surface area contributed by atoms with E-state index in [0.29, 0.717) is 37.8 Å². The van der Waals surface area contributed by atoms with E-state index in [1.54, 1.807) is 0 Å². The summed E-state index contributed by atoms with van der Waals surface area (Å²) in [7, 11) is 0. The van der Waals surface area contributed by atoms with E-state index in [-0.39, 0.29) is 11.8 Å². The molecule has 0 saturated carbocycles. The molecule has 0 aliphatic carbocycles. The zero-order valence-corrected chi connectivity index (χ0v) is 15.8. The van der Waals surface area contributed by atoms with Gasteiger partial charge >= 0.3 is 0 Å². The number of carbonyl (C=O) groups is 2. The summed E-state index contributed by atoms with van der Waals surface area (Å²) in [6.45, 7) is 6.43. The number of rotatable bonds is 7. The zero-order chi connectivity index (χ0) is 18.4. The second-order valence-electron chi connectivity index (χ2n) is 7.78. The van der Waals surface area contributed by atoms with Gasteiger partial charge in [0.2, 0.25) is 11.8 Å². The molecule has 2 aliphatic heterocycles. The van der Waals surface area contributed by atoms with Crippen LogP contribution in [0, 0.1) is 11.8 Å². The molecule has 1 aromatic carbocycles. The van der Waals surface area contributed by atoms with Crippen molar-refractivity contribution in [3.63, 3.8) is 0 Å². The Morgan fingerprint density at radius 1 is 1.31 bits per heavy atom. The summed E-state index contributed by atoms with van der Waals surface area (Å²) in [5, 5.41) is 6.44. The molecule has 2 heterocycles. The van der Waals surface area contributed by atoms with Crippen LogP contribution in [0.4, 0.5) is 0 Å². The topological polar surface area (TPSA) is 61.4 Å². The molecule has 1 aromatic rings. The lowest BCUT2D eigenvalue weighted by atomic mass is 9.84. The summed E-state index contributed by atoms with van der Waals surface area (Å²) in [6, 6.07) is 8.19. The van der Waals surface area contributed by atoms with Gasteiger partial charge < -0.3 is 15.5 Å². The molecular weight excluding hydrogens is 326 g/mol. The molecule has 0 radical (unpaired) electrons. The maximum atomic E-state index is 12.3. The molecule has 26 heavy (non-hydrogen) atoms. The second kappa shape index (κ2) is 9.17. The third kappa shape index (κ3) is 5.31. The molecule has 0 bridgehead atoms. The zero-order valence-electron chi connectivity index (χ0n) is 15.8. The minimum atomic E-state index is 0.135. The third-order valence-electron chi connectivity index (χ3n) is 5.72. The lowest BCUT2D eigenvalue weighted by Crippen LogP contribution is -2.33. The Kier molecular flexibility index (Phi) is 6.67. The van der Waals surface area contributed by atoms with Gasteiger partial charge in [-0.15, -0.1) is 0 Å². The number of amides is 2. The molecule has 2 fully saturated rings. The average Bonchev–Trinajstić information content (AvgIpc) is 3.06. The molecule has 5 heteroatoms. The lowest BCUT2D eigenvalue weighted by Gasteiger charge is -2.27. The van der Waals surface area contributed by atoms with Crippen LogP contribution in [0.1, 0.15) is 50.2 Å². The molecule has 1 unspecified atom stereocenters. The van der Waals surface area contributed by atoms with Crippen molar-refractivity contribution >= 4 is 11.8 Å². The molecule has 2 N–H and O–H groups in total. The first-order valence-corrected chi connectivity index (χ1v) is 9.95. The Morgan fingerprint density at radius 2 is 2.08 bits per heavy atom. The van der Waals surface area contributed by atoms with Crippen LogP contribution in [0.3, 0.4) is 0 Å². The van der Waals surface area contributed by atoms with E-state index in [4.69, 9.17) is 0 Å². The van der Waals surface area contributed by atoms with Crippen LogP contribution in [-0.4, -0.2) is 36.3 Å². The Balaban J connectivity index is 1.45. The first-order chi connectivity index (χ1) is 12.6. The number of carbonyl (C=O) groups excluding carboxylic acids is 2. The van der Waals surface area contributed by atoms with E-state index >= 15 is 0 Å². The average molecular weight is 357 g/mol. The van der Waals surface area contributed by atoms with E-state index < -0.39 is 0 Å². The molecule has 5 nitrogen and oxygen atoms in total. The van der Waals surface area contributed by atoms with Gasteiger partial charge in [-0.05, 0) is 55.3 Å². The Bertz CT molecular complexity index is 625. The Labute approximate surface area is 156 Å². The van der Waals surface area contributed by atoms with Gasteiger partial charge in [0.25, 0.3) is 0 Å². The van der Waals surface area contributed by atoms with Crippen LogP contribution in [0.25, 0.3) is 0 Å². The van der Waals surface area contributed by atoms with Crippen LogP contribution in [0.5, 0.6) is 0 Å². The first-order valence-electron chi connectivity index (χ1n) is 9.95. The largest absolute Gasteiger partial charge is 0.352 e. The van der Waals surface area contributed by atoms with Crippen molar-refractivity contribution in [1.82, 2.24) is 15.5 Å². The quantitative estimate of drug-likeness (QED) is 0.788. The van der Waals surface area contributed by atoms with Crippen LogP contribution >= 0.6 is 0 Å². The van der Waals surface area contributed by atoms with Gasteiger partial charge in [0, 0.05) is 32.5 Å². The van der Waals surface area contributed by atoms with Gasteiger partial charge in [0.1, 0.15) is 0 Å². The fraction of sp³-hybridized carbons (Fsp3) is 0.619. The predicted molar refractivity (Wildman–Crippen MR) is 102 cm³/mol. The first kappa shape index (κ1) is 18.9. The number of hydrogen-bond donors (Lipinski definition) is 2. The highest BCUT2D eigenvalue weighted by atomic mass is 16.2. The van der Waals surface area contributed by atoms with E-state index in [0.717, 1.165) is 37.2 Å². The highest BCUT2D eigenvalue weighted by Crippen LogP contribution is 2.24. The summed E-state index contributed by atoms with van der Waals surface area (Å²) < 4.78 is 0. The summed E-state index contributed by atoms with van der Waals surface area (Å²) in [5.74, 6) is 1.47. The van der Waals surface area contributed by atoms with Crippen molar-refractivity contribution in [2.24, 2.45) is 11.8 Å². The van der Waals surface area contributed by atoms with Gasteiger partial charge in [-0.3, -0.25) is 9.59 Å². The highest BCUT2D eigenvalue weighted by Gasteiger charge is 2.22. The number of piperidine rings is 1. The van der Waals surface area contributed by atoms with Crippen molar-refractivity contribution in [1.29, 1.82) is 0 Å². The lowest BCUT2D eigenvalue weighted by molar-refractivity contribution is -0.128. The minimum Gasteiger partial charge on any atom is -0.352 e. The number of likely N-dealkylation sites (tertiary alicyclic amines) is 1. The summed E-state index contributed by atoms with van der Waals surface area (Å²) in [6.07, 6.45) is 4.58. The maximum absolute atomic E-state index is 12.3. The van der Waals surface area contributed by atoms with Crippen molar-refractivity contribution in [3.05, 3.63) is 35.4 Å². The van der Waals surface area contributed by atoms with Crippen molar-refractivity contribution in [3.8, 4) is 0 Å². The number of nitrogens with one attached hydrogen (secondary N) is 2. The fourth-order valence-electron chi connectivity index (χ4n) is 4.07. The Hall–Kier alpha value is -1.88. The highest BCUT2D eigenvalue weighted by molar-refractivity contribution is 5.78. The van der Waals surface area contributed by atoms with E-state index in [1.165, 1.54) is 12.8 Å². The number of hydrogen-bond acceptors (Lipinski definition) is 3. The monoisotopic (exact) mass is 357 g/mol. The van der Waals surface area contributed by atoms with Crippen LogP contribution < -0.4 is 10.6 Å². The molecule has 142 valence electrons. The molecule has 0 aromatic heterocycles. The van der Waals surface area contributed by atoms with E-state index in [1.807, 2.05) is 17.0 Å².